The highest BCUT2D eigenvalue weighted by Crippen LogP contribution is 2.46. The number of benzene rings is 2. The van der Waals surface area contributed by atoms with Crippen molar-refractivity contribution in [3.05, 3.63) is 82.7 Å². The standard InChI is InChI=1S/C27H31N3O2/c1-17-23(26(32)29-19-9-7-6-8-10-19)24(18-11-13-20(14-12-18)30(4)5)25-21(28-17)15-27(2,3)16-22(25)31/h6-14,24,28H,15-16H2,1-5H3,(H,29,32). The molecule has 0 saturated carbocycles. The lowest BCUT2D eigenvalue weighted by Crippen LogP contribution is -2.39. The monoisotopic (exact) mass is 429 g/mol. The Balaban J connectivity index is 1.80. The second-order valence-electron chi connectivity index (χ2n) is 9.74. The van der Waals surface area contributed by atoms with Crippen molar-refractivity contribution >= 4 is 23.1 Å². The number of allylic oxidation sites excluding steroid dienone is 3. The fourth-order valence-corrected chi connectivity index (χ4v) is 4.76. The number of carbonyl (C=O) groups is 2. The summed E-state index contributed by atoms with van der Waals surface area (Å²) in [5.74, 6) is -0.468. The lowest BCUT2D eigenvalue weighted by atomic mass is 9.68. The zero-order valence-electron chi connectivity index (χ0n) is 19.5. The second kappa shape index (κ2) is 8.30. The topological polar surface area (TPSA) is 61.4 Å². The molecule has 5 heteroatoms. The highest BCUT2D eigenvalue weighted by atomic mass is 16.2. The molecule has 0 saturated heterocycles. The van der Waals surface area contributed by atoms with Crippen LogP contribution in [0.4, 0.5) is 11.4 Å². The van der Waals surface area contributed by atoms with Gasteiger partial charge in [-0.25, -0.2) is 0 Å². The number of carbonyl (C=O) groups excluding carboxylic acids is 2. The van der Waals surface area contributed by atoms with Gasteiger partial charge in [-0.2, -0.15) is 0 Å². The van der Waals surface area contributed by atoms with Gasteiger partial charge >= 0.3 is 0 Å². The molecule has 0 radical (unpaired) electrons. The number of ketones is 1. The van der Waals surface area contributed by atoms with Crippen molar-refractivity contribution in [1.29, 1.82) is 0 Å². The van der Waals surface area contributed by atoms with Crippen LogP contribution in [0, 0.1) is 5.41 Å². The molecular formula is C27H31N3O2. The molecule has 2 aliphatic rings. The molecule has 32 heavy (non-hydrogen) atoms. The van der Waals surface area contributed by atoms with Crippen LogP contribution in [0.15, 0.2) is 77.1 Å². The van der Waals surface area contributed by atoms with E-state index in [0.717, 1.165) is 40.3 Å². The molecule has 1 aliphatic heterocycles. The fourth-order valence-electron chi connectivity index (χ4n) is 4.76. The Morgan fingerprint density at radius 2 is 1.69 bits per heavy atom. The number of Topliss-reactive ketones (excluding diaryl/α,β-unsaturated/α-hetero) is 1. The predicted molar refractivity (Wildman–Crippen MR) is 129 cm³/mol. The van der Waals surface area contributed by atoms with Crippen molar-refractivity contribution in [2.24, 2.45) is 5.41 Å². The van der Waals surface area contributed by atoms with Crippen molar-refractivity contribution in [1.82, 2.24) is 5.32 Å². The van der Waals surface area contributed by atoms with E-state index >= 15 is 0 Å². The van der Waals surface area contributed by atoms with E-state index in [4.69, 9.17) is 0 Å². The summed E-state index contributed by atoms with van der Waals surface area (Å²) >= 11 is 0. The van der Waals surface area contributed by atoms with Gasteiger partial charge in [0.15, 0.2) is 5.78 Å². The zero-order chi connectivity index (χ0) is 23.0. The summed E-state index contributed by atoms with van der Waals surface area (Å²) < 4.78 is 0. The Bertz CT molecular complexity index is 1110. The summed E-state index contributed by atoms with van der Waals surface area (Å²) in [6.07, 6.45) is 1.26. The first-order valence-corrected chi connectivity index (χ1v) is 11.0. The number of nitrogens with one attached hydrogen (secondary N) is 2. The van der Waals surface area contributed by atoms with E-state index in [9.17, 15) is 9.59 Å². The van der Waals surface area contributed by atoms with Crippen LogP contribution in [0.5, 0.6) is 0 Å². The van der Waals surface area contributed by atoms with Crippen LogP contribution in [0.2, 0.25) is 0 Å². The normalized spacial score (nSPS) is 19.9. The van der Waals surface area contributed by atoms with E-state index in [-0.39, 0.29) is 17.1 Å². The Morgan fingerprint density at radius 3 is 2.31 bits per heavy atom. The summed E-state index contributed by atoms with van der Waals surface area (Å²) in [6.45, 7) is 6.17. The highest BCUT2D eigenvalue weighted by molar-refractivity contribution is 6.10. The van der Waals surface area contributed by atoms with E-state index < -0.39 is 5.92 Å². The maximum Gasteiger partial charge on any atom is 0.254 e. The minimum atomic E-state index is -0.394. The van der Waals surface area contributed by atoms with Crippen molar-refractivity contribution in [3.63, 3.8) is 0 Å². The fraction of sp³-hybridized carbons (Fsp3) is 0.333. The van der Waals surface area contributed by atoms with Gasteiger partial charge in [0.2, 0.25) is 0 Å². The van der Waals surface area contributed by atoms with Crippen LogP contribution in [-0.2, 0) is 9.59 Å². The van der Waals surface area contributed by atoms with Crippen LogP contribution >= 0.6 is 0 Å². The molecule has 1 amide bonds. The molecule has 1 unspecified atom stereocenters. The molecule has 0 bridgehead atoms. The number of amides is 1. The number of nitrogens with zero attached hydrogens (tertiary/aromatic N) is 1. The van der Waals surface area contributed by atoms with Crippen LogP contribution < -0.4 is 15.5 Å². The summed E-state index contributed by atoms with van der Waals surface area (Å²) in [5, 5.41) is 6.44. The number of hydrogen-bond donors (Lipinski definition) is 2. The molecule has 0 spiro atoms. The molecule has 2 aromatic rings. The number of anilines is 2. The smallest absolute Gasteiger partial charge is 0.254 e. The first kappa shape index (κ1) is 21.9. The Hall–Kier alpha value is -3.34. The average molecular weight is 430 g/mol. The molecule has 1 atom stereocenters. The molecule has 2 aromatic carbocycles. The minimum absolute atomic E-state index is 0.105. The van der Waals surface area contributed by atoms with Gasteiger partial charge in [0.05, 0.1) is 0 Å². The van der Waals surface area contributed by atoms with Gasteiger partial charge in [-0.15, -0.1) is 0 Å². The van der Waals surface area contributed by atoms with Gasteiger partial charge in [0, 0.05) is 60.3 Å². The van der Waals surface area contributed by atoms with E-state index in [1.54, 1.807) is 0 Å². The first-order valence-electron chi connectivity index (χ1n) is 11.0. The van der Waals surface area contributed by atoms with Crippen molar-refractivity contribution in [2.45, 2.75) is 39.5 Å². The van der Waals surface area contributed by atoms with E-state index in [1.807, 2.05) is 80.5 Å². The number of para-hydroxylation sites is 1. The van der Waals surface area contributed by atoms with Crippen molar-refractivity contribution in [2.75, 3.05) is 24.3 Å². The summed E-state index contributed by atoms with van der Waals surface area (Å²) in [7, 11) is 3.99. The Kier molecular flexibility index (Phi) is 5.68. The lowest BCUT2D eigenvalue weighted by molar-refractivity contribution is -0.118. The van der Waals surface area contributed by atoms with Crippen LogP contribution in [0.3, 0.4) is 0 Å². The van der Waals surface area contributed by atoms with E-state index in [2.05, 4.69) is 24.5 Å². The van der Waals surface area contributed by atoms with Gasteiger partial charge in [0.1, 0.15) is 0 Å². The lowest BCUT2D eigenvalue weighted by Gasteiger charge is -2.39. The summed E-state index contributed by atoms with van der Waals surface area (Å²) in [5.41, 5.74) is 5.72. The molecule has 0 aromatic heterocycles. The first-order chi connectivity index (χ1) is 15.2. The summed E-state index contributed by atoms with van der Waals surface area (Å²) in [6, 6.07) is 17.6. The van der Waals surface area contributed by atoms with Gasteiger partial charge in [-0.3, -0.25) is 9.59 Å². The largest absolute Gasteiger partial charge is 0.378 e. The third-order valence-corrected chi connectivity index (χ3v) is 6.26. The Labute approximate surface area is 190 Å². The molecule has 0 fully saturated rings. The zero-order valence-corrected chi connectivity index (χ0v) is 19.5. The number of hydrogen-bond acceptors (Lipinski definition) is 4. The molecule has 5 nitrogen and oxygen atoms in total. The van der Waals surface area contributed by atoms with Gasteiger partial charge in [0.25, 0.3) is 5.91 Å². The third-order valence-electron chi connectivity index (χ3n) is 6.26. The van der Waals surface area contributed by atoms with Gasteiger partial charge in [-0.05, 0) is 48.6 Å². The van der Waals surface area contributed by atoms with Crippen molar-refractivity contribution < 1.29 is 9.59 Å². The second-order valence-corrected chi connectivity index (χ2v) is 9.74. The van der Waals surface area contributed by atoms with Crippen molar-refractivity contribution in [3.8, 4) is 0 Å². The minimum Gasteiger partial charge on any atom is -0.378 e. The van der Waals surface area contributed by atoms with E-state index in [1.165, 1.54) is 0 Å². The number of dihydropyridines is 1. The molecule has 2 N–H and O–H groups in total. The Morgan fingerprint density at radius 1 is 1.03 bits per heavy atom. The van der Waals surface area contributed by atoms with Crippen LogP contribution in [-0.4, -0.2) is 25.8 Å². The molecule has 1 aliphatic carbocycles. The highest BCUT2D eigenvalue weighted by Gasteiger charge is 2.42. The maximum atomic E-state index is 13.5. The molecule has 166 valence electrons. The quantitative estimate of drug-likeness (QED) is 0.718. The van der Waals surface area contributed by atoms with Crippen LogP contribution in [0.25, 0.3) is 0 Å². The van der Waals surface area contributed by atoms with E-state index in [0.29, 0.717) is 12.0 Å². The molecule has 4 rings (SSSR count). The molecular weight excluding hydrogens is 398 g/mol. The van der Waals surface area contributed by atoms with Gasteiger partial charge in [-0.1, -0.05) is 44.2 Å². The predicted octanol–water partition coefficient (Wildman–Crippen LogP) is 5.00. The third kappa shape index (κ3) is 4.20. The van der Waals surface area contributed by atoms with Gasteiger partial charge < -0.3 is 15.5 Å². The SMILES string of the molecule is CC1=C(C(=O)Nc2ccccc2)C(c2ccc(N(C)C)cc2)C2=C(CC(C)(C)CC2=O)N1. The molecule has 1 heterocycles. The summed E-state index contributed by atoms with van der Waals surface area (Å²) in [4.78, 5) is 28.9. The number of rotatable bonds is 4. The maximum absolute atomic E-state index is 13.5. The average Bonchev–Trinajstić information content (AvgIpc) is 2.72. The van der Waals surface area contributed by atoms with Crippen LogP contribution in [0.1, 0.15) is 45.1 Å².